The third-order valence-corrected chi connectivity index (χ3v) is 6.59. The van der Waals surface area contributed by atoms with Gasteiger partial charge in [-0.1, -0.05) is 35.5 Å². The van der Waals surface area contributed by atoms with E-state index >= 15 is 0 Å². The van der Waals surface area contributed by atoms with Gasteiger partial charge in [0.15, 0.2) is 5.09 Å². The van der Waals surface area contributed by atoms with Gasteiger partial charge in [-0.2, -0.15) is 0 Å². The quantitative estimate of drug-likeness (QED) is 0.305. The SMILES string of the molecule is CCOc1ccccc1N1C(=O)NC(=O)/C(=C\c2cc(Br)c(Sc3ccc(Cl)cc3)o2)C1=O. The molecule has 1 aliphatic rings. The van der Waals surface area contributed by atoms with Gasteiger partial charge in [-0.05, 0) is 71.4 Å². The number of furan rings is 1. The predicted octanol–water partition coefficient (Wildman–Crippen LogP) is 5.91. The first-order valence-electron chi connectivity index (χ1n) is 9.73. The van der Waals surface area contributed by atoms with Gasteiger partial charge >= 0.3 is 6.03 Å². The third kappa shape index (κ3) is 5.00. The van der Waals surface area contributed by atoms with Crippen LogP contribution in [0.15, 0.2) is 79.0 Å². The van der Waals surface area contributed by atoms with Crippen LogP contribution < -0.4 is 15.0 Å². The van der Waals surface area contributed by atoms with Crippen LogP contribution in [-0.2, 0) is 9.59 Å². The van der Waals surface area contributed by atoms with Crippen LogP contribution in [0.2, 0.25) is 5.02 Å². The largest absolute Gasteiger partial charge is 0.492 e. The van der Waals surface area contributed by atoms with Crippen molar-refractivity contribution in [1.29, 1.82) is 0 Å². The molecule has 33 heavy (non-hydrogen) atoms. The molecule has 7 nitrogen and oxygen atoms in total. The second-order valence-corrected chi connectivity index (χ2v) is 9.04. The fourth-order valence-corrected chi connectivity index (χ4v) is 4.51. The number of amides is 4. The van der Waals surface area contributed by atoms with Crippen molar-refractivity contribution in [2.75, 3.05) is 11.5 Å². The number of halogens is 2. The van der Waals surface area contributed by atoms with E-state index in [-0.39, 0.29) is 17.0 Å². The molecule has 0 radical (unpaired) electrons. The second kappa shape index (κ2) is 9.86. The smallest absolute Gasteiger partial charge is 0.336 e. The molecule has 1 aromatic heterocycles. The highest BCUT2D eigenvalue weighted by molar-refractivity contribution is 9.10. The lowest BCUT2D eigenvalue weighted by atomic mass is 10.1. The van der Waals surface area contributed by atoms with Crippen molar-refractivity contribution in [2.45, 2.75) is 16.9 Å². The summed E-state index contributed by atoms with van der Waals surface area (Å²) in [6, 6.07) is 14.6. The van der Waals surface area contributed by atoms with Crippen LogP contribution in [0.5, 0.6) is 5.75 Å². The average molecular weight is 548 g/mol. The maximum absolute atomic E-state index is 13.2. The zero-order valence-electron chi connectivity index (χ0n) is 17.1. The molecular formula is C23H16BrClN2O5S. The van der Waals surface area contributed by atoms with E-state index in [0.29, 0.717) is 26.9 Å². The highest BCUT2D eigenvalue weighted by atomic mass is 79.9. The van der Waals surface area contributed by atoms with Crippen molar-refractivity contribution in [1.82, 2.24) is 5.32 Å². The number of hydrogen-bond donors (Lipinski definition) is 1. The van der Waals surface area contributed by atoms with Crippen molar-refractivity contribution in [3.63, 3.8) is 0 Å². The van der Waals surface area contributed by atoms with Crippen molar-refractivity contribution >= 4 is 68.9 Å². The number of hydrogen-bond acceptors (Lipinski definition) is 6. The standard InChI is InChI=1S/C23H16BrClN2O5S/c1-2-31-19-6-4-3-5-18(19)27-21(29)16(20(28)26-23(27)30)11-14-12-17(24)22(32-14)33-15-9-7-13(25)8-10-15/h3-12H,2H2,1H3,(H,26,28,30)/b16-11+. The Kier molecular flexibility index (Phi) is 6.92. The molecule has 4 rings (SSSR count). The lowest BCUT2D eigenvalue weighted by molar-refractivity contribution is -0.122. The summed E-state index contributed by atoms with van der Waals surface area (Å²) in [6.45, 7) is 2.13. The fraction of sp³-hybridized carbons (Fsp3) is 0.0870. The fourth-order valence-electron chi connectivity index (χ4n) is 3.06. The minimum atomic E-state index is -0.853. The van der Waals surface area contributed by atoms with Gasteiger partial charge in [0.2, 0.25) is 0 Å². The van der Waals surface area contributed by atoms with Gasteiger partial charge in [-0.15, -0.1) is 0 Å². The Balaban J connectivity index is 1.65. The third-order valence-electron chi connectivity index (χ3n) is 4.49. The molecule has 4 amide bonds. The number of ether oxygens (including phenoxy) is 1. The Morgan fingerprint density at radius 3 is 2.61 bits per heavy atom. The highest BCUT2D eigenvalue weighted by Crippen LogP contribution is 2.37. The van der Waals surface area contributed by atoms with Crippen LogP contribution in [0.25, 0.3) is 6.08 Å². The second-order valence-electron chi connectivity index (χ2n) is 6.70. The molecule has 2 heterocycles. The zero-order valence-corrected chi connectivity index (χ0v) is 20.3. The molecular weight excluding hydrogens is 532 g/mol. The lowest BCUT2D eigenvalue weighted by Crippen LogP contribution is -2.54. The van der Waals surface area contributed by atoms with E-state index in [4.69, 9.17) is 20.8 Å². The monoisotopic (exact) mass is 546 g/mol. The van der Waals surface area contributed by atoms with Crippen LogP contribution in [-0.4, -0.2) is 24.5 Å². The molecule has 3 aromatic rings. The average Bonchev–Trinajstić information content (AvgIpc) is 3.13. The predicted molar refractivity (Wildman–Crippen MR) is 129 cm³/mol. The molecule has 2 aromatic carbocycles. The van der Waals surface area contributed by atoms with E-state index in [1.807, 2.05) is 12.1 Å². The molecule has 1 N–H and O–H groups in total. The molecule has 1 fully saturated rings. The normalized spacial score (nSPS) is 15.2. The van der Waals surface area contributed by atoms with E-state index in [9.17, 15) is 14.4 Å². The van der Waals surface area contributed by atoms with Gasteiger partial charge in [-0.3, -0.25) is 14.9 Å². The summed E-state index contributed by atoms with van der Waals surface area (Å²) in [4.78, 5) is 39.9. The van der Waals surface area contributed by atoms with Crippen LogP contribution in [0.4, 0.5) is 10.5 Å². The first-order valence-corrected chi connectivity index (χ1v) is 11.7. The summed E-state index contributed by atoms with van der Waals surface area (Å²) >= 11 is 10.7. The number of barbiturate groups is 1. The molecule has 0 aliphatic carbocycles. The highest BCUT2D eigenvalue weighted by Gasteiger charge is 2.38. The van der Waals surface area contributed by atoms with Gasteiger partial charge in [0.25, 0.3) is 11.8 Å². The molecule has 0 saturated carbocycles. The minimum absolute atomic E-state index is 0.236. The number of carbonyl (C=O) groups excluding carboxylic acids is 3. The summed E-state index contributed by atoms with van der Waals surface area (Å²) in [6.07, 6.45) is 1.30. The number of rotatable bonds is 6. The Bertz CT molecular complexity index is 1270. The van der Waals surface area contributed by atoms with E-state index in [1.165, 1.54) is 17.8 Å². The molecule has 10 heteroatoms. The first kappa shape index (κ1) is 23.2. The minimum Gasteiger partial charge on any atom is -0.492 e. The van der Waals surface area contributed by atoms with Crippen LogP contribution in [0.3, 0.4) is 0 Å². The van der Waals surface area contributed by atoms with E-state index in [1.54, 1.807) is 49.4 Å². The molecule has 1 aliphatic heterocycles. The topological polar surface area (TPSA) is 88.8 Å². The number of nitrogens with one attached hydrogen (secondary N) is 1. The van der Waals surface area contributed by atoms with Crippen molar-refractivity contribution in [3.05, 3.63) is 75.4 Å². The summed E-state index contributed by atoms with van der Waals surface area (Å²) in [5.41, 5.74) is -0.00921. The van der Waals surface area contributed by atoms with Crippen LogP contribution in [0, 0.1) is 0 Å². The number of urea groups is 1. The van der Waals surface area contributed by atoms with Gasteiger partial charge in [0.1, 0.15) is 17.1 Å². The number of para-hydroxylation sites is 2. The van der Waals surface area contributed by atoms with Crippen molar-refractivity contribution < 1.29 is 23.5 Å². The van der Waals surface area contributed by atoms with Crippen LogP contribution >= 0.6 is 39.3 Å². The molecule has 0 atom stereocenters. The zero-order chi connectivity index (χ0) is 23.5. The molecule has 0 bridgehead atoms. The van der Waals surface area contributed by atoms with E-state index in [2.05, 4.69) is 21.2 Å². The first-order chi connectivity index (χ1) is 15.9. The van der Waals surface area contributed by atoms with E-state index < -0.39 is 17.8 Å². The lowest BCUT2D eigenvalue weighted by Gasteiger charge is -2.27. The van der Waals surface area contributed by atoms with Crippen molar-refractivity contribution in [2.24, 2.45) is 0 Å². The Morgan fingerprint density at radius 1 is 1.15 bits per heavy atom. The maximum Gasteiger partial charge on any atom is 0.336 e. The summed E-state index contributed by atoms with van der Waals surface area (Å²) < 4.78 is 12.0. The molecule has 0 spiro atoms. The molecule has 1 saturated heterocycles. The number of carbonyl (C=O) groups is 3. The Morgan fingerprint density at radius 2 is 1.88 bits per heavy atom. The number of anilines is 1. The maximum atomic E-state index is 13.2. The summed E-state index contributed by atoms with van der Waals surface area (Å²) in [7, 11) is 0. The van der Waals surface area contributed by atoms with Crippen molar-refractivity contribution in [3.8, 4) is 5.75 Å². The van der Waals surface area contributed by atoms with Gasteiger partial charge in [0.05, 0.1) is 16.8 Å². The molecule has 0 unspecified atom stereocenters. The van der Waals surface area contributed by atoms with Gasteiger partial charge in [-0.25, -0.2) is 9.69 Å². The number of imide groups is 2. The van der Waals surface area contributed by atoms with E-state index in [0.717, 1.165) is 9.80 Å². The summed E-state index contributed by atoms with van der Waals surface area (Å²) in [5.74, 6) is -0.978. The van der Waals surface area contributed by atoms with Crippen LogP contribution in [0.1, 0.15) is 12.7 Å². The van der Waals surface area contributed by atoms with Gasteiger partial charge in [0, 0.05) is 9.92 Å². The number of nitrogens with zero attached hydrogens (tertiary/aromatic N) is 1. The number of benzene rings is 2. The molecule has 168 valence electrons. The summed E-state index contributed by atoms with van der Waals surface area (Å²) in [5, 5.41) is 3.35. The Hall–Kier alpha value is -3.01. The van der Waals surface area contributed by atoms with Gasteiger partial charge < -0.3 is 9.15 Å². The Labute approximate surface area is 206 Å².